The summed E-state index contributed by atoms with van der Waals surface area (Å²) in [5, 5.41) is 48.2. The fraction of sp³-hybridized carbons (Fsp3) is 0.515. The zero-order chi connectivity index (χ0) is 34.4. The number of unbranched alkanes of at least 4 members (excludes halogenated alkanes) is 1. The van der Waals surface area contributed by atoms with Crippen LogP contribution in [-0.4, -0.2) is 93.5 Å². The third-order valence-electron chi connectivity index (χ3n) is 9.39. The summed E-state index contributed by atoms with van der Waals surface area (Å²) < 4.78 is 17.4. The van der Waals surface area contributed by atoms with Gasteiger partial charge in [-0.1, -0.05) is 18.6 Å². The van der Waals surface area contributed by atoms with E-state index in [1.165, 1.54) is 25.3 Å². The van der Waals surface area contributed by atoms with Gasteiger partial charge >= 0.3 is 0 Å². The van der Waals surface area contributed by atoms with Crippen LogP contribution in [0, 0.1) is 0 Å². The average Bonchev–Trinajstić information content (AvgIpc) is 3.03. The maximum Gasteiger partial charge on any atom is 0.237 e. The zero-order valence-electron chi connectivity index (χ0n) is 26.4. The van der Waals surface area contributed by atoms with Crippen molar-refractivity contribution >= 4 is 23.3 Å². The molecule has 2 aromatic rings. The second kappa shape index (κ2) is 13.3. The Morgan fingerprint density at radius 3 is 2.49 bits per heavy atom. The number of phenols is 2. The minimum Gasteiger partial charge on any atom is -0.507 e. The first-order valence-electron chi connectivity index (χ1n) is 15.6. The lowest BCUT2D eigenvalue weighted by Crippen LogP contribution is -2.58. The van der Waals surface area contributed by atoms with Crippen LogP contribution in [-0.2, 0) is 25.5 Å². The lowest BCUT2D eigenvalue weighted by Gasteiger charge is -2.43. The van der Waals surface area contributed by atoms with Crippen molar-refractivity contribution in [1.29, 1.82) is 0 Å². The highest BCUT2D eigenvalue weighted by Gasteiger charge is 2.49. The first-order valence-corrected chi connectivity index (χ1v) is 15.6. The number of carbonyl (C=O) groups excluding carboxylic acids is 4. The molecule has 254 valence electrons. The number of ether oxygens (including phenoxy) is 3. The number of nitrogens with one attached hydrogen (secondary N) is 1. The molecule has 0 bridgehead atoms. The minimum atomic E-state index is -2.08. The van der Waals surface area contributed by atoms with Crippen LogP contribution in [0.3, 0.4) is 0 Å². The van der Waals surface area contributed by atoms with Crippen LogP contribution in [0.4, 0.5) is 0 Å². The number of aromatic hydroxyl groups is 2. The molecular formula is C33H41N3O11. The van der Waals surface area contributed by atoms with Crippen LogP contribution in [0.1, 0.15) is 95.0 Å². The lowest BCUT2D eigenvalue weighted by atomic mass is 9.72. The van der Waals surface area contributed by atoms with E-state index in [1.807, 2.05) is 0 Å². The zero-order valence-corrected chi connectivity index (χ0v) is 26.4. The van der Waals surface area contributed by atoms with Crippen LogP contribution < -0.4 is 21.5 Å². The van der Waals surface area contributed by atoms with Crippen molar-refractivity contribution in [3.05, 3.63) is 51.6 Å². The summed E-state index contributed by atoms with van der Waals surface area (Å²) >= 11 is 0. The summed E-state index contributed by atoms with van der Waals surface area (Å²) in [6, 6.07) is 2.70. The average molecular weight is 656 g/mol. The van der Waals surface area contributed by atoms with Crippen LogP contribution >= 0.6 is 0 Å². The van der Waals surface area contributed by atoms with Gasteiger partial charge < -0.3 is 51.4 Å². The number of carbonyl (C=O) groups is 4. The predicted molar refractivity (Wildman–Crippen MR) is 165 cm³/mol. The molecule has 47 heavy (non-hydrogen) atoms. The largest absolute Gasteiger partial charge is 0.507 e. The highest BCUT2D eigenvalue weighted by atomic mass is 16.7. The molecule has 2 aromatic carbocycles. The fourth-order valence-corrected chi connectivity index (χ4v) is 6.70. The maximum atomic E-state index is 13.8. The van der Waals surface area contributed by atoms with E-state index in [2.05, 4.69) is 5.32 Å². The second-order valence-corrected chi connectivity index (χ2v) is 12.5. The number of aliphatic hydroxyl groups excluding tert-OH is 1. The van der Waals surface area contributed by atoms with E-state index >= 15 is 0 Å². The Labute approximate surface area is 271 Å². The van der Waals surface area contributed by atoms with Gasteiger partial charge in [-0.3, -0.25) is 19.2 Å². The highest BCUT2D eigenvalue weighted by molar-refractivity contribution is 6.31. The van der Waals surface area contributed by atoms with E-state index in [9.17, 15) is 39.6 Å². The standard InChI is InChI=1S/C33H41N3O11/c1-14-27(38)19(36-32(43)18(35)8-4-5-10-34)11-22(46-14)47-21-13-33(44,15(2)37)12-17-24(21)31(42)26-25(29(17)40)28(39)16-7-6-9-20(45-3)23(16)30(26)41/h6-7,9,14,18-19,21-22,27,38,40,42,44H,4-5,8,10-13,34-35H2,1-3H3,(H,36,43)/t14-,18+,19+,21+,22-,27-,33-/m0/s1. The first kappa shape index (κ1) is 34.4. The van der Waals surface area contributed by atoms with Gasteiger partial charge in [0, 0.05) is 36.0 Å². The molecule has 1 saturated heterocycles. The van der Waals surface area contributed by atoms with Crippen molar-refractivity contribution in [1.82, 2.24) is 5.32 Å². The van der Waals surface area contributed by atoms with Gasteiger partial charge in [-0.25, -0.2) is 0 Å². The Kier molecular flexibility index (Phi) is 9.74. The van der Waals surface area contributed by atoms with Gasteiger partial charge in [0.15, 0.2) is 17.9 Å². The Morgan fingerprint density at radius 1 is 1.13 bits per heavy atom. The molecule has 1 heterocycles. The number of nitrogens with two attached hydrogens (primary N) is 2. The van der Waals surface area contributed by atoms with Crippen molar-refractivity contribution in [2.45, 2.75) is 94.7 Å². The Hall–Kier alpha value is -3.92. The van der Waals surface area contributed by atoms with E-state index in [1.54, 1.807) is 6.92 Å². The summed E-state index contributed by atoms with van der Waals surface area (Å²) in [4.78, 5) is 53.0. The smallest absolute Gasteiger partial charge is 0.237 e. The maximum absolute atomic E-state index is 13.8. The number of aliphatic hydroxyl groups is 2. The van der Waals surface area contributed by atoms with Crippen molar-refractivity contribution in [2.75, 3.05) is 13.7 Å². The van der Waals surface area contributed by atoms with Crippen LogP contribution in [0.5, 0.6) is 17.2 Å². The van der Waals surface area contributed by atoms with Gasteiger partial charge in [-0.05, 0) is 39.3 Å². The molecule has 0 unspecified atom stereocenters. The minimum absolute atomic E-state index is 0.0442. The van der Waals surface area contributed by atoms with Gasteiger partial charge in [0.2, 0.25) is 11.7 Å². The van der Waals surface area contributed by atoms with E-state index in [4.69, 9.17) is 25.7 Å². The Balaban J connectivity index is 1.52. The number of methoxy groups -OCH3 is 1. The summed E-state index contributed by atoms with van der Waals surface area (Å²) in [5.74, 6) is -3.90. The molecule has 0 aromatic heterocycles. The predicted octanol–water partition coefficient (Wildman–Crippen LogP) is 0.643. The van der Waals surface area contributed by atoms with Gasteiger partial charge in [-0.15, -0.1) is 0 Å². The third-order valence-corrected chi connectivity index (χ3v) is 9.39. The topological polar surface area (TPSA) is 241 Å². The molecule has 14 heteroatoms. The number of hydrogen-bond donors (Lipinski definition) is 7. The van der Waals surface area contributed by atoms with Crippen molar-refractivity contribution in [3.63, 3.8) is 0 Å². The summed E-state index contributed by atoms with van der Waals surface area (Å²) in [5.41, 5.74) is 8.18. The number of fused-ring (bicyclic) bond motifs is 3. The van der Waals surface area contributed by atoms with Crippen molar-refractivity contribution < 1.29 is 53.8 Å². The molecule has 0 radical (unpaired) electrons. The first-order chi connectivity index (χ1) is 22.2. The molecule has 3 aliphatic rings. The molecule has 1 fully saturated rings. The molecule has 7 atom stereocenters. The van der Waals surface area contributed by atoms with Gasteiger partial charge in [-0.2, -0.15) is 0 Å². The van der Waals surface area contributed by atoms with Gasteiger partial charge in [0.25, 0.3) is 0 Å². The van der Waals surface area contributed by atoms with Crippen LogP contribution in [0.15, 0.2) is 18.2 Å². The molecule has 2 aliphatic carbocycles. The van der Waals surface area contributed by atoms with E-state index < -0.39 is 101 Å². The molecule has 1 aliphatic heterocycles. The molecular weight excluding hydrogens is 614 g/mol. The SMILES string of the molecule is COc1cccc2c1C(=O)c1c(O)c3c(c(O)c1C2=O)C[C@@](O)(C(C)=O)C[C@H]3O[C@H]1C[C@@H](NC(=O)[C@H](N)CCCCN)[C@@H](O)[C@H](C)O1. The normalized spacial score (nSPS) is 27.3. The summed E-state index contributed by atoms with van der Waals surface area (Å²) in [6.07, 6.45) is -3.70. The van der Waals surface area contributed by atoms with E-state index in [0.717, 1.165) is 6.92 Å². The Morgan fingerprint density at radius 2 is 1.83 bits per heavy atom. The molecule has 0 saturated carbocycles. The summed E-state index contributed by atoms with van der Waals surface area (Å²) in [7, 11) is 1.33. The number of Topliss-reactive ketones (excluding diaryl/α,β-unsaturated/α-hetero) is 1. The van der Waals surface area contributed by atoms with E-state index in [0.29, 0.717) is 25.8 Å². The number of benzene rings is 2. The highest BCUT2D eigenvalue weighted by Crippen LogP contribution is 2.52. The lowest BCUT2D eigenvalue weighted by molar-refractivity contribution is -0.249. The Bertz CT molecular complexity index is 1610. The summed E-state index contributed by atoms with van der Waals surface area (Å²) in [6.45, 7) is 3.19. The second-order valence-electron chi connectivity index (χ2n) is 12.5. The van der Waals surface area contributed by atoms with Crippen LogP contribution in [0.2, 0.25) is 0 Å². The molecule has 5 rings (SSSR count). The van der Waals surface area contributed by atoms with Crippen LogP contribution in [0.25, 0.3) is 0 Å². The molecule has 9 N–H and O–H groups in total. The van der Waals surface area contributed by atoms with Crippen molar-refractivity contribution in [2.24, 2.45) is 11.5 Å². The molecule has 0 spiro atoms. The molecule has 1 amide bonds. The number of amides is 1. The fourth-order valence-electron chi connectivity index (χ4n) is 6.70. The van der Waals surface area contributed by atoms with Crippen molar-refractivity contribution in [3.8, 4) is 17.2 Å². The number of rotatable bonds is 10. The van der Waals surface area contributed by atoms with E-state index in [-0.39, 0.29) is 34.4 Å². The quantitative estimate of drug-likeness (QED) is 0.117. The molecule has 14 nitrogen and oxygen atoms in total. The van der Waals surface area contributed by atoms with Gasteiger partial charge in [0.1, 0.15) is 29.0 Å². The van der Waals surface area contributed by atoms with Gasteiger partial charge in [0.05, 0.1) is 48.1 Å². The third kappa shape index (κ3) is 6.12. The number of hydrogen-bond acceptors (Lipinski definition) is 13. The monoisotopic (exact) mass is 655 g/mol. The number of ketones is 3. The number of phenolic OH excluding ortho intramolecular Hbond substituents is 2.